The monoisotopic (exact) mass is 372 g/mol. The highest BCUT2D eigenvalue weighted by molar-refractivity contribution is 7.89. The Morgan fingerprint density at radius 2 is 1.96 bits per heavy atom. The summed E-state index contributed by atoms with van der Waals surface area (Å²) in [5.74, 6) is -0.336. The molecule has 1 aromatic carbocycles. The molecule has 1 aliphatic heterocycles. The van der Waals surface area contributed by atoms with Crippen LogP contribution in [0.5, 0.6) is 0 Å². The molecule has 0 bridgehead atoms. The SMILES string of the molecule is CCC[C@H](C)NC(=O)c1cc(S(=O)(=O)N2CCCCC2)ccc1Cl. The van der Waals surface area contributed by atoms with E-state index in [1.165, 1.54) is 22.5 Å². The van der Waals surface area contributed by atoms with Crippen molar-refractivity contribution in [1.82, 2.24) is 9.62 Å². The van der Waals surface area contributed by atoms with Crippen LogP contribution in [-0.2, 0) is 10.0 Å². The van der Waals surface area contributed by atoms with Crippen LogP contribution in [0.25, 0.3) is 0 Å². The molecule has 0 spiro atoms. The molecule has 1 atom stereocenters. The Morgan fingerprint density at radius 3 is 2.58 bits per heavy atom. The minimum absolute atomic E-state index is 0.0147. The van der Waals surface area contributed by atoms with Crippen molar-refractivity contribution in [2.24, 2.45) is 0 Å². The molecule has 1 fully saturated rings. The summed E-state index contributed by atoms with van der Waals surface area (Å²) < 4.78 is 27.0. The lowest BCUT2D eigenvalue weighted by molar-refractivity contribution is 0.0938. The molecule has 0 saturated carbocycles. The fourth-order valence-electron chi connectivity index (χ4n) is 2.90. The van der Waals surface area contributed by atoms with Crippen molar-refractivity contribution in [1.29, 1.82) is 0 Å². The van der Waals surface area contributed by atoms with E-state index in [4.69, 9.17) is 11.6 Å². The third kappa shape index (κ3) is 4.49. The van der Waals surface area contributed by atoms with Crippen molar-refractivity contribution in [3.05, 3.63) is 28.8 Å². The fraction of sp³-hybridized carbons (Fsp3) is 0.588. The molecule has 1 amide bonds. The van der Waals surface area contributed by atoms with Gasteiger partial charge >= 0.3 is 0 Å². The third-order valence-corrected chi connectivity index (χ3v) is 6.46. The molecule has 5 nitrogen and oxygen atoms in total. The number of carbonyl (C=O) groups is 1. The molecule has 0 unspecified atom stereocenters. The number of rotatable bonds is 6. The number of nitrogens with zero attached hydrogens (tertiary/aromatic N) is 1. The van der Waals surface area contributed by atoms with E-state index in [9.17, 15) is 13.2 Å². The summed E-state index contributed by atoms with van der Waals surface area (Å²) in [6.07, 6.45) is 4.60. The zero-order valence-electron chi connectivity index (χ0n) is 14.2. The quantitative estimate of drug-likeness (QED) is 0.831. The van der Waals surface area contributed by atoms with Crippen LogP contribution >= 0.6 is 11.6 Å². The smallest absolute Gasteiger partial charge is 0.253 e. The second-order valence-corrected chi connectivity index (χ2v) is 8.61. The maximum absolute atomic E-state index is 12.7. The molecule has 0 aromatic heterocycles. The van der Waals surface area contributed by atoms with Crippen molar-refractivity contribution in [3.63, 3.8) is 0 Å². The number of piperidine rings is 1. The number of nitrogens with one attached hydrogen (secondary N) is 1. The summed E-state index contributed by atoms with van der Waals surface area (Å²) in [6, 6.07) is 4.36. The number of halogens is 1. The Labute approximate surface area is 149 Å². The summed E-state index contributed by atoms with van der Waals surface area (Å²) >= 11 is 6.12. The van der Waals surface area contributed by atoms with E-state index >= 15 is 0 Å². The van der Waals surface area contributed by atoms with Gasteiger partial charge in [-0.15, -0.1) is 0 Å². The predicted molar refractivity (Wildman–Crippen MR) is 95.9 cm³/mol. The Kier molecular flexibility index (Phi) is 6.66. The first-order valence-electron chi connectivity index (χ1n) is 8.47. The van der Waals surface area contributed by atoms with Gasteiger partial charge in [0.25, 0.3) is 5.91 Å². The van der Waals surface area contributed by atoms with Gasteiger partial charge in [0, 0.05) is 19.1 Å². The summed E-state index contributed by atoms with van der Waals surface area (Å²) in [5.41, 5.74) is 0.206. The lowest BCUT2D eigenvalue weighted by atomic mass is 10.1. The van der Waals surface area contributed by atoms with Crippen LogP contribution in [-0.4, -0.2) is 37.8 Å². The highest BCUT2D eigenvalue weighted by Gasteiger charge is 2.27. The normalized spacial score (nSPS) is 17.5. The van der Waals surface area contributed by atoms with Crippen molar-refractivity contribution in [2.45, 2.75) is 56.9 Å². The van der Waals surface area contributed by atoms with Crippen LogP contribution in [0.15, 0.2) is 23.1 Å². The first-order chi connectivity index (χ1) is 11.4. The standard InChI is InChI=1S/C17H25ClN2O3S/c1-3-7-13(2)19-17(21)15-12-14(8-9-16(15)18)24(22,23)20-10-5-4-6-11-20/h8-9,12-13H,3-7,10-11H2,1-2H3,(H,19,21)/t13-/m0/s1. The topological polar surface area (TPSA) is 66.5 Å². The zero-order valence-corrected chi connectivity index (χ0v) is 15.8. The Morgan fingerprint density at radius 1 is 1.29 bits per heavy atom. The molecule has 134 valence electrons. The van der Waals surface area contributed by atoms with Crippen molar-refractivity contribution in [3.8, 4) is 0 Å². The van der Waals surface area contributed by atoms with E-state index in [2.05, 4.69) is 5.32 Å². The van der Waals surface area contributed by atoms with Crippen molar-refractivity contribution < 1.29 is 13.2 Å². The number of carbonyl (C=O) groups excluding carboxylic acids is 1. The maximum atomic E-state index is 12.7. The Balaban J connectivity index is 2.26. The van der Waals surface area contributed by atoms with Crippen LogP contribution in [0.3, 0.4) is 0 Å². The van der Waals surface area contributed by atoms with Gasteiger partial charge in [-0.2, -0.15) is 4.31 Å². The summed E-state index contributed by atoms with van der Waals surface area (Å²) in [7, 11) is -3.58. The number of hydrogen-bond donors (Lipinski definition) is 1. The predicted octanol–water partition coefficient (Wildman–Crippen LogP) is 3.43. The zero-order chi connectivity index (χ0) is 17.7. The fourth-order valence-corrected chi connectivity index (χ4v) is 4.65. The molecule has 1 aromatic rings. The first-order valence-corrected chi connectivity index (χ1v) is 10.3. The second-order valence-electron chi connectivity index (χ2n) is 6.27. The van der Waals surface area contributed by atoms with Gasteiger partial charge in [0.15, 0.2) is 0 Å². The molecule has 0 radical (unpaired) electrons. The molecule has 24 heavy (non-hydrogen) atoms. The van der Waals surface area contributed by atoms with Crippen LogP contribution < -0.4 is 5.32 Å². The van der Waals surface area contributed by atoms with Gasteiger partial charge in [-0.25, -0.2) is 8.42 Å². The average molecular weight is 373 g/mol. The van der Waals surface area contributed by atoms with E-state index in [0.717, 1.165) is 32.1 Å². The summed E-state index contributed by atoms with van der Waals surface area (Å²) in [4.78, 5) is 12.5. The van der Waals surface area contributed by atoms with E-state index in [-0.39, 0.29) is 27.4 Å². The highest BCUT2D eigenvalue weighted by atomic mass is 35.5. The highest BCUT2D eigenvalue weighted by Crippen LogP contribution is 2.25. The van der Waals surface area contributed by atoms with E-state index in [1.54, 1.807) is 0 Å². The number of amides is 1. The van der Waals surface area contributed by atoms with Crippen LogP contribution in [0.4, 0.5) is 0 Å². The average Bonchev–Trinajstić information content (AvgIpc) is 2.56. The minimum Gasteiger partial charge on any atom is -0.350 e. The molecule has 7 heteroatoms. The molecular formula is C17H25ClN2O3S. The molecule has 0 aliphatic carbocycles. The van der Waals surface area contributed by atoms with E-state index in [0.29, 0.717) is 13.1 Å². The van der Waals surface area contributed by atoms with Crippen molar-refractivity contribution >= 4 is 27.5 Å². The number of benzene rings is 1. The van der Waals surface area contributed by atoms with Gasteiger partial charge in [0.2, 0.25) is 10.0 Å². The number of hydrogen-bond acceptors (Lipinski definition) is 3. The van der Waals surface area contributed by atoms with Crippen molar-refractivity contribution in [2.75, 3.05) is 13.1 Å². The van der Waals surface area contributed by atoms with Gasteiger partial charge in [0.1, 0.15) is 0 Å². The van der Waals surface area contributed by atoms with Gasteiger partial charge in [-0.1, -0.05) is 31.4 Å². The second kappa shape index (κ2) is 8.32. The van der Waals surface area contributed by atoms with Crippen LogP contribution in [0.1, 0.15) is 56.3 Å². The minimum atomic E-state index is -3.58. The van der Waals surface area contributed by atoms with Crippen LogP contribution in [0, 0.1) is 0 Å². The largest absolute Gasteiger partial charge is 0.350 e. The van der Waals surface area contributed by atoms with Crippen LogP contribution in [0.2, 0.25) is 5.02 Å². The first kappa shape index (κ1) is 19.2. The van der Waals surface area contributed by atoms with E-state index < -0.39 is 10.0 Å². The Hall–Kier alpha value is -1.11. The Bertz CT molecular complexity index is 685. The molecular weight excluding hydrogens is 348 g/mol. The summed E-state index contributed by atoms with van der Waals surface area (Å²) in [6.45, 7) is 5.02. The molecule has 1 saturated heterocycles. The maximum Gasteiger partial charge on any atom is 0.253 e. The van der Waals surface area contributed by atoms with Gasteiger partial charge in [0.05, 0.1) is 15.5 Å². The molecule has 2 rings (SSSR count). The number of sulfonamides is 1. The summed E-state index contributed by atoms with van der Waals surface area (Å²) in [5, 5.41) is 3.12. The lowest BCUT2D eigenvalue weighted by Crippen LogP contribution is -2.36. The van der Waals surface area contributed by atoms with Gasteiger partial charge in [-0.3, -0.25) is 4.79 Å². The lowest BCUT2D eigenvalue weighted by Gasteiger charge is -2.26. The van der Waals surface area contributed by atoms with Gasteiger partial charge < -0.3 is 5.32 Å². The van der Waals surface area contributed by atoms with Gasteiger partial charge in [-0.05, 0) is 44.4 Å². The molecule has 1 heterocycles. The third-order valence-electron chi connectivity index (χ3n) is 4.23. The molecule has 1 aliphatic rings. The molecule has 1 N–H and O–H groups in total. The van der Waals surface area contributed by atoms with E-state index in [1.807, 2.05) is 13.8 Å².